The summed E-state index contributed by atoms with van der Waals surface area (Å²) in [4.78, 5) is 39.1. The molecule has 4 aromatic rings. The second kappa shape index (κ2) is 9.14. The Bertz CT molecular complexity index is 1420. The number of carbonyl (C=O) groups excluding carboxylic acids is 2. The number of carbonyl (C=O) groups is 2. The number of fused-ring (bicyclic) bond motifs is 1. The van der Waals surface area contributed by atoms with Crippen molar-refractivity contribution in [3.05, 3.63) is 75.6 Å². The lowest BCUT2D eigenvalue weighted by Gasteiger charge is -2.09. The van der Waals surface area contributed by atoms with E-state index in [0.717, 1.165) is 7.11 Å². The van der Waals surface area contributed by atoms with Crippen LogP contribution in [-0.2, 0) is 4.74 Å². The van der Waals surface area contributed by atoms with Gasteiger partial charge >= 0.3 is 17.5 Å². The minimum Gasteiger partial charge on any atom is -0.497 e. The van der Waals surface area contributed by atoms with Crippen molar-refractivity contribution in [2.24, 2.45) is 0 Å². The van der Waals surface area contributed by atoms with Crippen molar-refractivity contribution < 1.29 is 37.4 Å². The number of ether oxygens (including phenoxy) is 4. The lowest BCUT2D eigenvalue weighted by atomic mass is 9.97. The molecule has 0 fully saturated rings. The van der Waals surface area contributed by atoms with E-state index in [-0.39, 0.29) is 39.4 Å². The molecule has 4 rings (SSSR count). The molecule has 0 spiro atoms. The van der Waals surface area contributed by atoms with Crippen LogP contribution < -0.4 is 19.8 Å². The zero-order valence-corrected chi connectivity index (χ0v) is 18.8. The molecule has 0 amide bonds. The van der Waals surface area contributed by atoms with E-state index in [4.69, 9.17) is 27.8 Å². The Morgan fingerprint density at radius 3 is 1.85 bits per heavy atom. The highest BCUT2D eigenvalue weighted by Crippen LogP contribution is 2.38. The van der Waals surface area contributed by atoms with Crippen molar-refractivity contribution in [2.75, 3.05) is 28.4 Å². The Morgan fingerprint density at radius 1 is 0.735 bits per heavy atom. The zero-order valence-electron chi connectivity index (χ0n) is 18.8. The Hall–Kier alpha value is -4.53. The fourth-order valence-electron chi connectivity index (χ4n) is 3.55. The first-order chi connectivity index (χ1) is 16.4. The third-order valence-corrected chi connectivity index (χ3v) is 5.24. The number of furan rings is 1. The highest BCUT2D eigenvalue weighted by Gasteiger charge is 2.32. The van der Waals surface area contributed by atoms with E-state index >= 15 is 0 Å². The molecule has 174 valence electrons. The van der Waals surface area contributed by atoms with Crippen LogP contribution in [0.2, 0.25) is 0 Å². The van der Waals surface area contributed by atoms with Gasteiger partial charge < -0.3 is 27.8 Å². The maximum atomic E-state index is 13.7. The molecule has 0 aliphatic rings. The van der Waals surface area contributed by atoms with Crippen molar-refractivity contribution in [3.8, 4) is 28.8 Å². The Balaban J connectivity index is 2.06. The van der Waals surface area contributed by atoms with E-state index in [0.29, 0.717) is 17.1 Å². The van der Waals surface area contributed by atoms with Crippen LogP contribution in [0.5, 0.6) is 17.4 Å². The third kappa shape index (κ3) is 3.77. The first kappa shape index (κ1) is 22.7. The monoisotopic (exact) mass is 464 g/mol. The SMILES string of the molecule is COC(=O)c1c(OC)oc2c(C(=O)c3ccc(OC)cc3)c(-c3ccc(OC)cc3)oc(=O)c12. The van der Waals surface area contributed by atoms with Crippen LogP contribution >= 0.6 is 0 Å². The van der Waals surface area contributed by atoms with E-state index in [2.05, 4.69) is 0 Å². The minimum absolute atomic E-state index is 0.0335. The molecule has 0 bridgehead atoms. The average Bonchev–Trinajstić information content (AvgIpc) is 3.28. The number of ketones is 1. The summed E-state index contributed by atoms with van der Waals surface area (Å²) in [6.45, 7) is 0. The number of hydrogen-bond acceptors (Lipinski definition) is 9. The number of methoxy groups -OCH3 is 4. The van der Waals surface area contributed by atoms with Gasteiger partial charge in [0.05, 0.1) is 28.4 Å². The standard InChI is InChI=1S/C25H20O9/c1-29-15-9-5-13(6-10-15)20(26)19-21(14-7-11-16(30-2)12-8-14)33-24(28)17-18(23(27)31-3)25(32-4)34-22(17)19/h5-12H,1-4H3. The molecule has 0 N–H and O–H groups in total. The molecule has 2 heterocycles. The highest BCUT2D eigenvalue weighted by molar-refractivity contribution is 6.20. The van der Waals surface area contributed by atoms with Crippen molar-refractivity contribution in [1.82, 2.24) is 0 Å². The molecule has 2 aromatic heterocycles. The van der Waals surface area contributed by atoms with Gasteiger partial charge in [-0.05, 0) is 48.5 Å². The summed E-state index contributed by atoms with van der Waals surface area (Å²) < 4.78 is 31.6. The second-order valence-corrected chi connectivity index (χ2v) is 7.04. The average molecular weight is 464 g/mol. The highest BCUT2D eigenvalue weighted by atomic mass is 16.6. The van der Waals surface area contributed by atoms with Crippen LogP contribution in [0.1, 0.15) is 26.3 Å². The Morgan fingerprint density at radius 2 is 1.32 bits per heavy atom. The Labute approximate surface area is 193 Å². The molecule has 0 aliphatic carbocycles. The van der Waals surface area contributed by atoms with Crippen molar-refractivity contribution in [3.63, 3.8) is 0 Å². The predicted octanol–water partition coefficient (Wildman–Crippen LogP) is 4.10. The molecule has 34 heavy (non-hydrogen) atoms. The quantitative estimate of drug-likeness (QED) is 0.294. The lowest BCUT2D eigenvalue weighted by Crippen LogP contribution is -2.12. The molecule has 0 radical (unpaired) electrons. The normalized spacial score (nSPS) is 10.7. The number of esters is 1. The fourth-order valence-corrected chi connectivity index (χ4v) is 3.55. The van der Waals surface area contributed by atoms with E-state index in [1.54, 1.807) is 48.5 Å². The number of rotatable bonds is 7. The van der Waals surface area contributed by atoms with Gasteiger partial charge in [0.25, 0.3) is 0 Å². The second-order valence-electron chi connectivity index (χ2n) is 7.04. The van der Waals surface area contributed by atoms with Crippen molar-refractivity contribution >= 4 is 22.7 Å². The molecule has 0 saturated carbocycles. The van der Waals surface area contributed by atoms with Gasteiger partial charge in [0.1, 0.15) is 22.4 Å². The van der Waals surface area contributed by atoms with Crippen LogP contribution in [0.25, 0.3) is 22.3 Å². The van der Waals surface area contributed by atoms with Gasteiger partial charge in [0.15, 0.2) is 16.9 Å². The van der Waals surface area contributed by atoms with Crippen LogP contribution in [-0.4, -0.2) is 40.2 Å². The van der Waals surface area contributed by atoms with Gasteiger partial charge in [0.2, 0.25) is 5.78 Å². The van der Waals surface area contributed by atoms with Crippen LogP contribution in [0.3, 0.4) is 0 Å². The summed E-state index contributed by atoms with van der Waals surface area (Å²) in [5.41, 5.74) is -0.663. The van der Waals surface area contributed by atoms with Gasteiger partial charge in [-0.25, -0.2) is 9.59 Å². The summed E-state index contributed by atoms with van der Waals surface area (Å²) in [5.74, 6) is -0.552. The molecule has 9 heteroatoms. The summed E-state index contributed by atoms with van der Waals surface area (Å²) >= 11 is 0. The first-order valence-corrected chi connectivity index (χ1v) is 10.0. The molecular formula is C25H20O9. The fraction of sp³-hybridized carbons (Fsp3) is 0.160. The zero-order chi connectivity index (χ0) is 24.4. The molecule has 9 nitrogen and oxygen atoms in total. The lowest BCUT2D eigenvalue weighted by molar-refractivity contribution is 0.0596. The molecule has 0 unspecified atom stereocenters. The summed E-state index contributed by atoms with van der Waals surface area (Å²) in [6, 6.07) is 13.0. The van der Waals surface area contributed by atoms with Gasteiger partial charge in [0, 0.05) is 11.1 Å². The van der Waals surface area contributed by atoms with E-state index in [1.807, 2.05) is 0 Å². The van der Waals surface area contributed by atoms with Crippen LogP contribution in [0.15, 0.2) is 62.2 Å². The molecular weight excluding hydrogens is 444 g/mol. The topological polar surface area (TPSA) is 114 Å². The maximum absolute atomic E-state index is 13.7. The molecule has 0 atom stereocenters. The van der Waals surface area contributed by atoms with Gasteiger partial charge in [-0.2, -0.15) is 0 Å². The summed E-state index contributed by atoms with van der Waals surface area (Å²) in [5, 5.41) is -0.252. The molecule has 0 saturated heterocycles. The van der Waals surface area contributed by atoms with Crippen LogP contribution in [0, 0.1) is 0 Å². The molecule has 0 aliphatic heterocycles. The minimum atomic E-state index is -0.889. The summed E-state index contributed by atoms with van der Waals surface area (Å²) in [7, 11) is 5.44. The number of hydrogen-bond donors (Lipinski definition) is 0. The first-order valence-electron chi connectivity index (χ1n) is 10.0. The van der Waals surface area contributed by atoms with Gasteiger partial charge in [-0.1, -0.05) is 0 Å². The van der Waals surface area contributed by atoms with Crippen LogP contribution in [0.4, 0.5) is 0 Å². The molecule has 2 aromatic carbocycles. The summed E-state index contributed by atoms with van der Waals surface area (Å²) in [6.07, 6.45) is 0. The van der Waals surface area contributed by atoms with Crippen molar-refractivity contribution in [1.29, 1.82) is 0 Å². The van der Waals surface area contributed by atoms with Gasteiger partial charge in [-0.15, -0.1) is 0 Å². The van der Waals surface area contributed by atoms with E-state index in [1.165, 1.54) is 21.3 Å². The van der Waals surface area contributed by atoms with Crippen molar-refractivity contribution in [2.45, 2.75) is 0 Å². The van der Waals surface area contributed by atoms with Gasteiger partial charge in [-0.3, -0.25) is 4.79 Å². The number of benzene rings is 2. The van der Waals surface area contributed by atoms with E-state index in [9.17, 15) is 14.4 Å². The van der Waals surface area contributed by atoms with E-state index < -0.39 is 17.4 Å². The third-order valence-electron chi connectivity index (χ3n) is 5.24. The Kier molecular flexibility index (Phi) is 6.09. The predicted molar refractivity (Wildman–Crippen MR) is 121 cm³/mol. The maximum Gasteiger partial charge on any atom is 0.348 e. The smallest absolute Gasteiger partial charge is 0.348 e. The largest absolute Gasteiger partial charge is 0.497 e.